The van der Waals surface area contributed by atoms with Crippen LogP contribution in [0.25, 0.3) is 5.69 Å². The third kappa shape index (κ3) is 2.63. The van der Waals surface area contributed by atoms with Crippen LogP contribution in [-0.4, -0.2) is 16.3 Å². The van der Waals surface area contributed by atoms with Gasteiger partial charge in [0.15, 0.2) is 0 Å². The third-order valence-electron chi connectivity index (χ3n) is 3.94. The molecule has 2 aromatic rings. The summed E-state index contributed by atoms with van der Waals surface area (Å²) in [6.45, 7) is 11.7. The van der Waals surface area contributed by atoms with Gasteiger partial charge in [-0.3, -0.25) is 0 Å². The summed E-state index contributed by atoms with van der Waals surface area (Å²) in [5, 5.41) is 8.23. The molecule has 0 bridgehead atoms. The monoisotopic (exact) mass is 271 g/mol. The molecule has 0 saturated carbocycles. The Hall–Kier alpha value is -1.61. The Kier molecular flexibility index (Phi) is 4.61. The molecule has 1 atom stereocenters. The van der Waals surface area contributed by atoms with Gasteiger partial charge in [-0.15, -0.1) is 0 Å². The molecular weight excluding hydrogens is 246 g/mol. The van der Waals surface area contributed by atoms with Crippen molar-refractivity contribution in [3.05, 3.63) is 46.8 Å². The number of nitrogens with one attached hydrogen (secondary N) is 1. The maximum atomic E-state index is 4.74. The van der Waals surface area contributed by atoms with Gasteiger partial charge < -0.3 is 5.32 Å². The third-order valence-corrected chi connectivity index (χ3v) is 3.94. The second-order valence-corrected chi connectivity index (χ2v) is 5.25. The molecule has 2 rings (SSSR count). The number of hydrogen-bond acceptors (Lipinski definition) is 2. The second kappa shape index (κ2) is 6.23. The lowest BCUT2D eigenvalue weighted by molar-refractivity contribution is 0.592. The average Bonchev–Trinajstić information content (AvgIpc) is 2.73. The van der Waals surface area contributed by atoms with Crippen molar-refractivity contribution in [2.75, 3.05) is 6.54 Å². The second-order valence-electron chi connectivity index (χ2n) is 5.25. The van der Waals surface area contributed by atoms with Gasteiger partial charge in [0.1, 0.15) is 0 Å². The molecule has 0 amide bonds. The van der Waals surface area contributed by atoms with E-state index in [2.05, 4.69) is 68.9 Å². The van der Waals surface area contributed by atoms with Crippen LogP contribution in [-0.2, 0) is 6.42 Å². The first kappa shape index (κ1) is 14.8. The predicted octanol–water partition coefficient (Wildman–Crippen LogP) is 3.72. The molecule has 108 valence electrons. The fraction of sp³-hybridized carbons (Fsp3) is 0.471. The maximum Gasteiger partial charge on any atom is 0.0696 e. The average molecular weight is 271 g/mol. The summed E-state index contributed by atoms with van der Waals surface area (Å²) in [7, 11) is 0. The number of aromatic nitrogens is 2. The van der Waals surface area contributed by atoms with E-state index in [0.717, 1.165) is 18.7 Å². The Labute approximate surface area is 122 Å². The smallest absolute Gasteiger partial charge is 0.0696 e. The number of rotatable bonds is 5. The molecule has 0 radical (unpaired) electrons. The first-order chi connectivity index (χ1) is 9.60. The standard InChI is InChI=1S/C17H25N3/c1-6-15-13(4)19-20(14(15)5)17-11-9-8-10-16(17)12(3)18-7-2/h8-12,18H,6-7H2,1-5H3. The van der Waals surface area contributed by atoms with E-state index in [1.54, 1.807) is 0 Å². The predicted molar refractivity (Wildman–Crippen MR) is 84.5 cm³/mol. The normalized spacial score (nSPS) is 12.7. The number of benzene rings is 1. The number of hydrogen-bond donors (Lipinski definition) is 1. The molecule has 0 spiro atoms. The lowest BCUT2D eigenvalue weighted by Crippen LogP contribution is -2.19. The van der Waals surface area contributed by atoms with Crippen LogP contribution >= 0.6 is 0 Å². The molecule has 1 unspecified atom stereocenters. The summed E-state index contributed by atoms with van der Waals surface area (Å²) in [4.78, 5) is 0. The number of aryl methyl sites for hydroxylation is 1. The minimum atomic E-state index is 0.324. The van der Waals surface area contributed by atoms with E-state index in [0.29, 0.717) is 6.04 Å². The fourth-order valence-corrected chi connectivity index (χ4v) is 2.88. The van der Waals surface area contributed by atoms with Gasteiger partial charge in [-0.1, -0.05) is 32.0 Å². The van der Waals surface area contributed by atoms with Gasteiger partial charge in [0.2, 0.25) is 0 Å². The topological polar surface area (TPSA) is 29.9 Å². The van der Waals surface area contributed by atoms with Crippen LogP contribution in [0.5, 0.6) is 0 Å². The lowest BCUT2D eigenvalue weighted by atomic mass is 10.1. The Balaban J connectivity index is 2.53. The van der Waals surface area contributed by atoms with E-state index >= 15 is 0 Å². The Morgan fingerprint density at radius 1 is 1.20 bits per heavy atom. The van der Waals surface area contributed by atoms with Crippen LogP contribution in [0.1, 0.15) is 49.3 Å². The van der Waals surface area contributed by atoms with Crippen molar-refractivity contribution < 1.29 is 0 Å². The van der Waals surface area contributed by atoms with Gasteiger partial charge in [0.05, 0.1) is 11.4 Å². The van der Waals surface area contributed by atoms with Crippen molar-refractivity contribution in [3.63, 3.8) is 0 Å². The van der Waals surface area contributed by atoms with Crippen molar-refractivity contribution in [2.24, 2.45) is 0 Å². The van der Waals surface area contributed by atoms with Crippen LogP contribution < -0.4 is 5.32 Å². The van der Waals surface area contributed by atoms with E-state index in [9.17, 15) is 0 Å². The zero-order valence-corrected chi connectivity index (χ0v) is 13.2. The SMILES string of the molecule is CCNC(C)c1ccccc1-n1nc(C)c(CC)c1C. The summed E-state index contributed by atoms with van der Waals surface area (Å²) in [5.41, 5.74) is 6.22. The van der Waals surface area contributed by atoms with Gasteiger partial charge in [0, 0.05) is 11.7 Å². The molecule has 0 aliphatic carbocycles. The van der Waals surface area contributed by atoms with Gasteiger partial charge in [-0.2, -0.15) is 5.10 Å². The van der Waals surface area contributed by atoms with Crippen molar-refractivity contribution in [2.45, 2.75) is 47.1 Å². The van der Waals surface area contributed by atoms with Crippen molar-refractivity contribution in [3.8, 4) is 5.69 Å². The molecule has 0 aliphatic heterocycles. The highest BCUT2D eigenvalue weighted by molar-refractivity contribution is 5.45. The molecule has 20 heavy (non-hydrogen) atoms. The fourth-order valence-electron chi connectivity index (χ4n) is 2.88. The van der Waals surface area contributed by atoms with Crippen molar-refractivity contribution in [1.82, 2.24) is 15.1 Å². The molecule has 1 N–H and O–H groups in total. The first-order valence-electron chi connectivity index (χ1n) is 7.47. The Bertz CT molecular complexity index is 584. The van der Waals surface area contributed by atoms with E-state index in [1.165, 1.54) is 22.5 Å². The van der Waals surface area contributed by atoms with Crippen LogP contribution in [0, 0.1) is 13.8 Å². The van der Waals surface area contributed by atoms with Crippen LogP contribution in [0.2, 0.25) is 0 Å². The number of nitrogens with zero attached hydrogens (tertiary/aromatic N) is 2. The van der Waals surface area contributed by atoms with Gasteiger partial charge in [0.25, 0.3) is 0 Å². The largest absolute Gasteiger partial charge is 0.310 e. The Morgan fingerprint density at radius 3 is 2.50 bits per heavy atom. The van der Waals surface area contributed by atoms with E-state index < -0.39 is 0 Å². The van der Waals surface area contributed by atoms with Gasteiger partial charge in [-0.05, 0) is 50.9 Å². The molecule has 1 aromatic heterocycles. The summed E-state index contributed by atoms with van der Waals surface area (Å²) in [6, 6.07) is 8.84. The van der Waals surface area contributed by atoms with Gasteiger partial charge in [-0.25, -0.2) is 4.68 Å². The van der Waals surface area contributed by atoms with E-state index in [4.69, 9.17) is 5.10 Å². The summed E-state index contributed by atoms with van der Waals surface area (Å²) in [5.74, 6) is 0. The molecule has 3 nitrogen and oxygen atoms in total. The maximum absolute atomic E-state index is 4.74. The van der Waals surface area contributed by atoms with E-state index in [-0.39, 0.29) is 0 Å². The van der Waals surface area contributed by atoms with Crippen LogP contribution in [0.15, 0.2) is 24.3 Å². The molecule has 0 saturated heterocycles. The van der Waals surface area contributed by atoms with Crippen molar-refractivity contribution in [1.29, 1.82) is 0 Å². The summed E-state index contributed by atoms with van der Waals surface area (Å²) in [6.07, 6.45) is 1.03. The van der Waals surface area contributed by atoms with Crippen LogP contribution in [0.3, 0.4) is 0 Å². The highest BCUT2D eigenvalue weighted by atomic mass is 15.3. The molecular formula is C17H25N3. The minimum absolute atomic E-state index is 0.324. The van der Waals surface area contributed by atoms with Crippen molar-refractivity contribution >= 4 is 0 Å². The number of para-hydroxylation sites is 1. The van der Waals surface area contributed by atoms with Crippen LogP contribution in [0.4, 0.5) is 0 Å². The quantitative estimate of drug-likeness (QED) is 0.898. The molecule has 3 heteroatoms. The first-order valence-corrected chi connectivity index (χ1v) is 7.47. The highest BCUT2D eigenvalue weighted by Crippen LogP contribution is 2.24. The van der Waals surface area contributed by atoms with E-state index in [1.807, 2.05) is 0 Å². The highest BCUT2D eigenvalue weighted by Gasteiger charge is 2.16. The molecule has 1 heterocycles. The van der Waals surface area contributed by atoms with Gasteiger partial charge >= 0.3 is 0 Å². The zero-order valence-electron chi connectivity index (χ0n) is 13.2. The zero-order chi connectivity index (χ0) is 14.7. The minimum Gasteiger partial charge on any atom is -0.310 e. The summed E-state index contributed by atoms with van der Waals surface area (Å²) >= 11 is 0. The summed E-state index contributed by atoms with van der Waals surface area (Å²) < 4.78 is 2.09. The Morgan fingerprint density at radius 2 is 1.90 bits per heavy atom. The molecule has 0 aliphatic rings. The molecule has 0 fully saturated rings. The lowest BCUT2D eigenvalue weighted by Gasteiger charge is -2.18. The molecule has 1 aromatic carbocycles.